The Morgan fingerprint density at radius 2 is 1.80 bits per heavy atom. The average Bonchev–Trinajstić information content (AvgIpc) is 2.50. The molecule has 0 amide bonds. The molecule has 1 aromatic carbocycles. The zero-order valence-corrected chi connectivity index (χ0v) is 12.6. The molecule has 1 fully saturated rings. The molecule has 0 spiro atoms. The van der Waals surface area contributed by atoms with Crippen molar-refractivity contribution in [3.05, 3.63) is 24.0 Å². The number of hydrogen-bond donors (Lipinski definition) is 2. The van der Waals surface area contributed by atoms with Gasteiger partial charge in [-0.25, -0.2) is 8.60 Å². The first-order valence-corrected chi connectivity index (χ1v) is 7.26. The SMILES string of the molecule is CC1(C)OB(c2cccc(NS(=O)O)c2F)OC1(C)C. The lowest BCUT2D eigenvalue weighted by molar-refractivity contribution is 0.00578. The van der Waals surface area contributed by atoms with Gasteiger partial charge in [0, 0.05) is 5.46 Å². The Hall–Kier alpha value is -0.955. The van der Waals surface area contributed by atoms with Crippen LogP contribution in [0.15, 0.2) is 18.2 Å². The van der Waals surface area contributed by atoms with Gasteiger partial charge in [0.1, 0.15) is 5.82 Å². The van der Waals surface area contributed by atoms with Crippen LogP contribution in [-0.2, 0) is 20.6 Å². The summed E-state index contributed by atoms with van der Waals surface area (Å²) in [5.74, 6) is -0.659. The van der Waals surface area contributed by atoms with Crippen LogP contribution in [0.1, 0.15) is 27.7 Å². The highest BCUT2D eigenvalue weighted by Gasteiger charge is 2.52. The van der Waals surface area contributed by atoms with E-state index >= 15 is 0 Å². The molecule has 0 aromatic heterocycles. The maximum Gasteiger partial charge on any atom is 0.497 e. The van der Waals surface area contributed by atoms with Gasteiger partial charge in [-0.1, -0.05) is 12.1 Å². The average molecular weight is 301 g/mol. The summed E-state index contributed by atoms with van der Waals surface area (Å²) < 4.78 is 47.5. The van der Waals surface area contributed by atoms with Gasteiger partial charge < -0.3 is 9.31 Å². The molecule has 1 aromatic rings. The van der Waals surface area contributed by atoms with Crippen LogP contribution in [-0.4, -0.2) is 27.1 Å². The van der Waals surface area contributed by atoms with Crippen LogP contribution in [0.5, 0.6) is 0 Å². The normalized spacial score (nSPS) is 21.8. The molecule has 1 heterocycles. The van der Waals surface area contributed by atoms with E-state index in [9.17, 15) is 8.60 Å². The molecule has 1 atom stereocenters. The van der Waals surface area contributed by atoms with E-state index in [0.717, 1.165) is 0 Å². The van der Waals surface area contributed by atoms with Gasteiger partial charge in [0.2, 0.25) is 0 Å². The highest BCUT2D eigenvalue weighted by molar-refractivity contribution is 7.80. The van der Waals surface area contributed by atoms with Gasteiger partial charge in [-0.15, -0.1) is 0 Å². The number of anilines is 1. The summed E-state index contributed by atoms with van der Waals surface area (Å²) in [4.78, 5) is 0. The summed E-state index contributed by atoms with van der Waals surface area (Å²) in [6.07, 6.45) is 0. The summed E-state index contributed by atoms with van der Waals surface area (Å²) in [5.41, 5.74) is -1.03. The second-order valence-electron chi connectivity index (χ2n) is 5.65. The molecule has 2 rings (SSSR count). The van der Waals surface area contributed by atoms with E-state index in [2.05, 4.69) is 4.72 Å². The van der Waals surface area contributed by atoms with Gasteiger partial charge in [-0.3, -0.25) is 9.27 Å². The number of benzene rings is 1. The maximum atomic E-state index is 14.3. The Morgan fingerprint density at radius 3 is 2.30 bits per heavy atom. The summed E-state index contributed by atoms with van der Waals surface area (Å²) in [6.45, 7) is 7.48. The minimum absolute atomic E-state index is 0.0713. The van der Waals surface area contributed by atoms with Crippen molar-refractivity contribution in [3.8, 4) is 0 Å². The van der Waals surface area contributed by atoms with Gasteiger partial charge in [0.25, 0.3) is 11.3 Å². The fraction of sp³-hybridized carbons (Fsp3) is 0.500. The third-order valence-corrected chi connectivity index (χ3v) is 4.13. The number of halogens is 1. The number of hydrogen-bond acceptors (Lipinski definition) is 3. The number of rotatable bonds is 3. The molecule has 1 saturated heterocycles. The fourth-order valence-electron chi connectivity index (χ4n) is 1.87. The van der Waals surface area contributed by atoms with Crippen LogP contribution in [0, 0.1) is 5.82 Å². The standard InChI is InChI=1S/C12H17BFNO4S/c1-11(2)12(3,4)19-13(18-11)8-6-5-7-9(10(8)14)15-20(16)17/h5-7,15H,1-4H3,(H,16,17). The number of nitrogens with one attached hydrogen (secondary N) is 1. The van der Waals surface area contributed by atoms with E-state index < -0.39 is 35.4 Å². The molecule has 110 valence electrons. The molecule has 1 aliphatic rings. The van der Waals surface area contributed by atoms with E-state index in [1.165, 1.54) is 12.1 Å². The Kier molecular flexibility index (Phi) is 3.94. The van der Waals surface area contributed by atoms with Crippen LogP contribution < -0.4 is 10.2 Å². The lowest BCUT2D eigenvalue weighted by Crippen LogP contribution is -2.41. The molecule has 0 aliphatic carbocycles. The van der Waals surface area contributed by atoms with Crippen LogP contribution in [0.25, 0.3) is 0 Å². The molecular weight excluding hydrogens is 284 g/mol. The highest BCUT2D eigenvalue weighted by Crippen LogP contribution is 2.36. The van der Waals surface area contributed by atoms with E-state index in [1.807, 2.05) is 27.7 Å². The van der Waals surface area contributed by atoms with Crippen molar-refractivity contribution >= 4 is 29.5 Å². The molecule has 1 aliphatic heterocycles. The minimum Gasteiger partial charge on any atom is -0.399 e. The Balaban J connectivity index is 2.34. The quantitative estimate of drug-likeness (QED) is 0.658. The van der Waals surface area contributed by atoms with E-state index in [4.69, 9.17) is 13.9 Å². The Labute approximate surface area is 120 Å². The van der Waals surface area contributed by atoms with Gasteiger partial charge in [-0.2, -0.15) is 0 Å². The molecule has 0 bridgehead atoms. The predicted molar refractivity (Wildman–Crippen MR) is 76.5 cm³/mol. The van der Waals surface area contributed by atoms with Crippen LogP contribution in [0.4, 0.5) is 10.1 Å². The smallest absolute Gasteiger partial charge is 0.399 e. The molecule has 1 unspecified atom stereocenters. The van der Waals surface area contributed by atoms with Crippen molar-refractivity contribution in [3.63, 3.8) is 0 Å². The Morgan fingerprint density at radius 1 is 1.25 bits per heavy atom. The fourth-order valence-corrected chi connectivity index (χ4v) is 2.22. The van der Waals surface area contributed by atoms with Crippen molar-refractivity contribution in [2.75, 3.05) is 4.72 Å². The molecule has 0 saturated carbocycles. The van der Waals surface area contributed by atoms with Crippen LogP contribution in [0.3, 0.4) is 0 Å². The zero-order chi connectivity index (χ0) is 15.1. The maximum absolute atomic E-state index is 14.3. The molecule has 20 heavy (non-hydrogen) atoms. The van der Waals surface area contributed by atoms with Crippen molar-refractivity contribution < 1.29 is 22.5 Å². The monoisotopic (exact) mass is 301 g/mol. The third kappa shape index (κ3) is 2.74. The van der Waals surface area contributed by atoms with E-state index in [-0.39, 0.29) is 11.2 Å². The zero-order valence-electron chi connectivity index (χ0n) is 11.8. The third-order valence-electron chi connectivity index (χ3n) is 3.73. The van der Waals surface area contributed by atoms with E-state index in [1.54, 1.807) is 6.07 Å². The topological polar surface area (TPSA) is 67.8 Å². The first-order chi connectivity index (χ1) is 9.14. The highest BCUT2D eigenvalue weighted by atomic mass is 32.2. The largest absolute Gasteiger partial charge is 0.497 e. The van der Waals surface area contributed by atoms with Gasteiger partial charge in [-0.05, 0) is 33.8 Å². The molecule has 0 radical (unpaired) electrons. The first kappa shape index (κ1) is 15.4. The second kappa shape index (κ2) is 5.11. The molecule has 8 heteroatoms. The van der Waals surface area contributed by atoms with Gasteiger partial charge in [0.15, 0.2) is 0 Å². The van der Waals surface area contributed by atoms with Crippen molar-refractivity contribution in [2.45, 2.75) is 38.9 Å². The summed E-state index contributed by atoms with van der Waals surface area (Å²) in [5, 5.41) is 0. The lowest BCUT2D eigenvalue weighted by Gasteiger charge is -2.32. The second-order valence-corrected chi connectivity index (χ2v) is 6.35. The molecular formula is C12H17BFNO4S. The Bertz CT molecular complexity index is 536. The molecule has 5 nitrogen and oxygen atoms in total. The van der Waals surface area contributed by atoms with E-state index in [0.29, 0.717) is 0 Å². The van der Waals surface area contributed by atoms with Gasteiger partial charge in [0.05, 0.1) is 16.9 Å². The van der Waals surface area contributed by atoms with Crippen molar-refractivity contribution in [1.29, 1.82) is 0 Å². The summed E-state index contributed by atoms with van der Waals surface area (Å²) in [6, 6.07) is 4.47. The minimum atomic E-state index is -2.34. The molecule has 2 N–H and O–H groups in total. The predicted octanol–water partition coefficient (Wildman–Crippen LogP) is 1.67. The summed E-state index contributed by atoms with van der Waals surface area (Å²) in [7, 11) is -0.853. The van der Waals surface area contributed by atoms with Crippen molar-refractivity contribution in [1.82, 2.24) is 0 Å². The summed E-state index contributed by atoms with van der Waals surface area (Å²) >= 11 is -2.34. The first-order valence-electron chi connectivity index (χ1n) is 6.15. The lowest BCUT2D eigenvalue weighted by atomic mass is 9.78. The van der Waals surface area contributed by atoms with Gasteiger partial charge >= 0.3 is 7.12 Å². The van der Waals surface area contributed by atoms with Crippen LogP contribution in [0.2, 0.25) is 0 Å². The van der Waals surface area contributed by atoms with Crippen LogP contribution >= 0.6 is 0 Å². The van der Waals surface area contributed by atoms with Crippen molar-refractivity contribution in [2.24, 2.45) is 0 Å².